The highest BCUT2D eigenvalue weighted by Gasteiger charge is 2.25. The Labute approximate surface area is 297 Å². The van der Waals surface area contributed by atoms with Crippen LogP contribution in [0.2, 0.25) is 5.15 Å². The number of rotatable bonds is 5. The van der Waals surface area contributed by atoms with Crippen LogP contribution in [0.3, 0.4) is 0 Å². The van der Waals surface area contributed by atoms with E-state index in [2.05, 4.69) is 31.7 Å². The van der Waals surface area contributed by atoms with Gasteiger partial charge in [-0.1, -0.05) is 54.1 Å². The van der Waals surface area contributed by atoms with Crippen LogP contribution < -0.4 is 15.4 Å². The van der Waals surface area contributed by atoms with Crippen LogP contribution >= 0.6 is 11.6 Å². The van der Waals surface area contributed by atoms with Gasteiger partial charge in [0, 0.05) is 70.9 Å². The SMILES string of the molecule is CC(C)(O)COc1ccc(/C=C/c2cc3c(ccc4c5c(nc43)CCNC5=O)c[nH]2)cc1.O=C1NCCc2nc3c(ccc4c[nH]c(Cl)cc43)c21. The van der Waals surface area contributed by atoms with Crippen molar-refractivity contribution in [1.29, 1.82) is 0 Å². The van der Waals surface area contributed by atoms with Crippen LogP contribution in [0, 0.1) is 0 Å². The zero-order chi connectivity index (χ0) is 35.3. The number of nitrogens with one attached hydrogen (secondary N) is 4. The van der Waals surface area contributed by atoms with Crippen molar-refractivity contribution in [3.63, 3.8) is 0 Å². The Morgan fingerprint density at radius 2 is 1.33 bits per heavy atom. The maximum absolute atomic E-state index is 12.3. The summed E-state index contributed by atoms with van der Waals surface area (Å²) >= 11 is 6.01. The van der Waals surface area contributed by atoms with Gasteiger partial charge in [-0.15, -0.1) is 0 Å². The molecule has 6 heterocycles. The fourth-order valence-corrected chi connectivity index (χ4v) is 6.83. The molecule has 0 saturated carbocycles. The van der Waals surface area contributed by atoms with E-state index in [0.717, 1.165) is 84.6 Å². The highest BCUT2D eigenvalue weighted by molar-refractivity contribution is 6.30. The summed E-state index contributed by atoms with van der Waals surface area (Å²) in [6.45, 7) is 4.96. The minimum absolute atomic E-state index is 0.0308. The number of pyridine rings is 2. The molecule has 4 aromatic heterocycles. The van der Waals surface area contributed by atoms with Crippen LogP contribution in [-0.4, -0.2) is 62.2 Å². The van der Waals surface area contributed by atoms with Gasteiger partial charge in [-0.2, -0.15) is 0 Å². The predicted octanol–water partition coefficient (Wildman–Crippen LogP) is 6.98. The first-order valence-corrected chi connectivity index (χ1v) is 17.2. The van der Waals surface area contributed by atoms with E-state index >= 15 is 0 Å². The Kier molecular flexibility index (Phi) is 8.20. The fourth-order valence-electron chi connectivity index (χ4n) is 6.66. The van der Waals surface area contributed by atoms with Crippen molar-refractivity contribution in [2.45, 2.75) is 32.3 Å². The van der Waals surface area contributed by atoms with Crippen molar-refractivity contribution < 1.29 is 19.4 Å². The molecular formula is C40H35ClN6O4. The third-order valence-electron chi connectivity index (χ3n) is 9.12. The van der Waals surface area contributed by atoms with E-state index in [1.54, 1.807) is 13.8 Å². The lowest BCUT2D eigenvalue weighted by Gasteiger charge is -2.17. The van der Waals surface area contributed by atoms with E-state index in [9.17, 15) is 14.7 Å². The highest BCUT2D eigenvalue weighted by atomic mass is 35.5. The minimum atomic E-state index is -0.866. The Morgan fingerprint density at radius 3 is 1.92 bits per heavy atom. The number of amides is 2. The molecule has 0 aliphatic carbocycles. The maximum atomic E-state index is 12.3. The van der Waals surface area contributed by atoms with Gasteiger partial charge < -0.3 is 30.4 Å². The van der Waals surface area contributed by atoms with Crippen LogP contribution in [-0.2, 0) is 12.8 Å². The van der Waals surface area contributed by atoms with Crippen LogP contribution in [0.4, 0.5) is 0 Å². The molecule has 2 aliphatic rings. The van der Waals surface area contributed by atoms with Crippen LogP contribution in [0.15, 0.2) is 73.1 Å². The number of aromatic amines is 2. The van der Waals surface area contributed by atoms with E-state index in [0.29, 0.717) is 29.4 Å². The number of ether oxygens (including phenoxy) is 1. The molecule has 2 amide bonds. The lowest BCUT2D eigenvalue weighted by Crippen LogP contribution is -2.31. The fraction of sp³-hybridized carbons (Fsp3) is 0.200. The zero-order valence-electron chi connectivity index (χ0n) is 28.1. The monoisotopic (exact) mass is 698 g/mol. The van der Waals surface area contributed by atoms with Crippen molar-refractivity contribution in [3.05, 3.63) is 112 Å². The lowest BCUT2D eigenvalue weighted by atomic mass is 10.0. The molecule has 0 unspecified atom stereocenters. The molecule has 0 saturated heterocycles. The number of benzene rings is 3. The van der Waals surface area contributed by atoms with Gasteiger partial charge in [-0.05, 0) is 55.1 Å². The molecule has 51 heavy (non-hydrogen) atoms. The summed E-state index contributed by atoms with van der Waals surface area (Å²) in [5.41, 5.74) is 6.04. The topological polar surface area (TPSA) is 145 Å². The molecule has 0 radical (unpaired) electrons. The summed E-state index contributed by atoms with van der Waals surface area (Å²) in [6, 6.07) is 19.6. The van der Waals surface area contributed by atoms with Crippen molar-refractivity contribution in [1.82, 2.24) is 30.6 Å². The molecule has 5 N–H and O–H groups in total. The van der Waals surface area contributed by atoms with E-state index in [4.69, 9.17) is 21.3 Å². The summed E-state index contributed by atoms with van der Waals surface area (Å²) in [5, 5.41) is 22.0. The van der Waals surface area contributed by atoms with E-state index < -0.39 is 5.60 Å². The number of hydrogen-bond acceptors (Lipinski definition) is 6. The molecule has 0 spiro atoms. The maximum Gasteiger partial charge on any atom is 0.253 e. The van der Waals surface area contributed by atoms with Gasteiger partial charge in [0.05, 0.1) is 39.1 Å². The van der Waals surface area contributed by atoms with Gasteiger partial charge in [0.25, 0.3) is 11.8 Å². The molecule has 0 atom stereocenters. The highest BCUT2D eigenvalue weighted by Crippen LogP contribution is 2.33. The number of fused-ring (bicyclic) bond motifs is 10. The second-order valence-electron chi connectivity index (χ2n) is 13.5. The summed E-state index contributed by atoms with van der Waals surface area (Å²) in [7, 11) is 0. The second kappa shape index (κ2) is 12.9. The van der Waals surface area contributed by atoms with E-state index in [1.165, 1.54) is 0 Å². The molecule has 0 fully saturated rings. The van der Waals surface area contributed by atoms with Crippen molar-refractivity contribution in [2.75, 3.05) is 19.7 Å². The van der Waals surface area contributed by atoms with Gasteiger partial charge in [-0.3, -0.25) is 19.6 Å². The second-order valence-corrected chi connectivity index (χ2v) is 13.9. The predicted molar refractivity (Wildman–Crippen MR) is 201 cm³/mol. The standard InChI is InChI=1S/C26H25N3O3.C14H10ClN3O/c1-26(2,31)15-32-19-8-4-16(5-9-19)3-7-18-13-21-17(14-28-18)6-10-20-23-22(29-24(20)21)11-12-27-25(23)30;15-11-5-9-7(6-17-11)1-2-8-12-10(18-13(8)9)3-4-16-14(12)19/h3-10,13-14,28,31H,11-12,15H2,1-2H3,(H,27,30);1-2,5-6,17H,3-4H2,(H,16,19)/b7-3+;. The van der Waals surface area contributed by atoms with Gasteiger partial charge >= 0.3 is 0 Å². The summed E-state index contributed by atoms with van der Waals surface area (Å²) in [4.78, 5) is 40.1. The Morgan fingerprint density at radius 1 is 0.765 bits per heavy atom. The molecular weight excluding hydrogens is 664 g/mol. The molecule has 7 aromatic rings. The van der Waals surface area contributed by atoms with E-state index in [1.807, 2.05) is 79.1 Å². The number of carbonyl (C=O) groups excluding carboxylic acids is 2. The Hall–Kier alpha value is -5.71. The third-order valence-corrected chi connectivity index (χ3v) is 9.34. The number of aromatic nitrogens is 4. The van der Waals surface area contributed by atoms with Crippen LogP contribution in [0.25, 0.3) is 55.5 Å². The van der Waals surface area contributed by atoms with Crippen LogP contribution in [0.1, 0.15) is 57.2 Å². The molecule has 10 nitrogen and oxygen atoms in total. The molecule has 9 rings (SSSR count). The zero-order valence-corrected chi connectivity index (χ0v) is 28.8. The number of hydrogen-bond donors (Lipinski definition) is 5. The largest absolute Gasteiger partial charge is 0.491 e. The van der Waals surface area contributed by atoms with Gasteiger partial charge in [-0.25, -0.2) is 0 Å². The van der Waals surface area contributed by atoms with Crippen molar-refractivity contribution in [2.24, 2.45) is 0 Å². The average molecular weight is 699 g/mol. The van der Waals surface area contributed by atoms with Crippen LogP contribution in [0.5, 0.6) is 5.75 Å². The average Bonchev–Trinajstić information content (AvgIpc) is 3.71. The Bertz CT molecular complexity index is 2530. The van der Waals surface area contributed by atoms with Gasteiger partial charge in [0.1, 0.15) is 17.5 Å². The lowest BCUT2D eigenvalue weighted by molar-refractivity contribution is 0.0285. The van der Waals surface area contributed by atoms with Gasteiger partial charge in [0.2, 0.25) is 0 Å². The normalized spacial score (nSPS) is 14.4. The number of carbonyl (C=O) groups is 2. The van der Waals surface area contributed by atoms with E-state index in [-0.39, 0.29) is 18.4 Å². The van der Waals surface area contributed by atoms with Gasteiger partial charge in [0.15, 0.2) is 0 Å². The molecule has 256 valence electrons. The summed E-state index contributed by atoms with van der Waals surface area (Å²) in [5.74, 6) is 0.654. The van der Waals surface area contributed by atoms with Crippen molar-refractivity contribution in [3.8, 4) is 5.75 Å². The first-order chi connectivity index (χ1) is 24.6. The molecule has 0 bridgehead atoms. The third kappa shape index (κ3) is 6.40. The van der Waals surface area contributed by atoms with Crippen molar-refractivity contribution >= 4 is 78.9 Å². The molecule has 2 aliphatic heterocycles. The summed E-state index contributed by atoms with van der Waals surface area (Å²) in [6.07, 6.45) is 9.40. The minimum Gasteiger partial charge on any atom is -0.491 e. The number of halogens is 1. The molecule has 3 aromatic carbocycles. The summed E-state index contributed by atoms with van der Waals surface area (Å²) < 4.78 is 5.60. The number of nitrogens with zero attached hydrogens (tertiary/aromatic N) is 2. The first-order valence-electron chi connectivity index (χ1n) is 16.8. The quantitative estimate of drug-likeness (QED) is 0.123. The first kappa shape index (κ1) is 32.5. The molecule has 11 heteroatoms. The smallest absolute Gasteiger partial charge is 0.253 e. The number of H-pyrrole nitrogens is 2. The number of aliphatic hydroxyl groups is 1. The Balaban J connectivity index is 0.000000166.